The van der Waals surface area contributed by atoms with Gasteiger partial charge < -0.3 is 20.3 Å². The zero-order chi connectivity index (χ0) is 18.4. The first kappa shape index (κ1) is 18.7. The molecule has 1 aliphatic heterocycles. The highest BCUT2D eigenvalue weighted by atomic mass is 16.5. The number of hydrogen-bond acceptors (Lipinski definition) is 5. The lowest BCUT2D eigenvalue weighted by atomic mass is 10.1. The zero-order valence-electron chi connectivity index (χ0n) is 14.7. The van der Waals surface area contributed by atoms with Crippen LogP contribution in [0.2, 0.25) is 0 Å². The molecule has 4 amide bonds. The summed E-state index contributed by atoms with van der Waals surface area (Å²) in [6.45, 7) is 1.37. The summed E-state index contributed by atoms with van der Waals surface area (Å²) < 4.78 is 5.08. The Morgan fingerprint density at radius 3 is 2.56 bits per heavy atom. The molecule has 0 unspecified atom stereocenters. The van der Waals surface area contributed by atoms with Crippen LogP contribution in [0.25, 0.3) is 0 Å². The van der Waals surface area contributed by atoms with Gasteiger partial charge in [-0.05, 0) is 31.8 Å². The molecule has 25 heavy (non-hydrogen) atoms. The largest absolute Gasteiger partial charge is 0.497 e. The number of benzene rings is 1. The Hall–Kier alpha value is -2.61. The van der Waals surface area contributed by atoms with Gasteiger partial charge in [0.25, 0.3) is 5.91 Å². The van der Waals surface area contributed by atoms with E-state index in [2.05, 4.69) is 10.6 Å². The van der Waals surface area contributed by atoms with Crippen molar-refractivity contribution in [2.45, 2.75) is 19.0 Å². The number of ether oxygens (including phenoxy) is 1. The van der Waals surface area contributed by atoms with Crippen LogP contribution >= 0.6 is 0 Å². The molecule has 1 aromatic rings. The molecule has 8 heteroatoms. The smallest absolute Gasteiger partial charge is 0.325 e. The fourth-order valence-corrected chi connectivity index (χ4v) is 2.45. The molecule has 136 valence electrons. The molecule has 1 saturated heterocycles. The van der Waals surface area contributed by atoms with Gasteiger partial charge in [0.15, 0.2) is 0 Å². The van der Waals surface area contributed by atoms with Crippen LogP contribution in [-0.4, -0.2) is 68.0 Å². The second-order valence-corrected chi connectivity index (χ2v) is 6.13. The maximum Gasteiger partial charge on any atom is 0.325 e. The van der Waals surface area contributed by atoms with Gasteiger partial charge in [0.2, 0.25) is 5.91 Å². The van der Waals surface area contributed by atoms with Crippen molar-refractivity contribution in [2.24, 2.45) is 0 Å². The monoisotopic (exact) mass is 348 g/mol. The average molecular weight is 348 g/mol. The first-order chi connectivity index (χ1) is 11.9. The molecule has 1 fully saturated rings. The molecule has 1 aliphatic rings. The molecule has 0 bridgehead atoms. The SMILES string of the molecule is COc1ccc(CN2C(=O)N[C@@H](CC(=O)NCCN(C)C)C2=O)cc1. The number of carbonyl (C=O) groups excluding carboxylic acids is 3. The molecule has 1 heterocycles. The second-order valence-electron chi connectivity index (χ2n) is 6.13. The van der Waals surface area contributed by atoms with Crippen LogP contribution in [-0.2, 0) is 16.1 Å². The van der Waals surface area contributed by atoms with E-state index in [-0.39, 0.29) is 24.8 Å². The number of nitrogens with one attached hydrogen (secondary N) is 2. The van der Waals surface area contributed by atoms with Gasteiger partial charge in [0.05, 0.1) is 20.1 Å². The van der Waals surface area contributed by atoms with Crippen molar-refractivity contribution in [3.05, 3.63) is 29.8 Å². The molecule has 0 aromatic heterocycles. The quantitative estimate of drug-likeness (QED) is 0.654. The fourth-order valence-electron chi connectivity index (χ4n) is 2.45. The van der Waals surface area contributed by atoms with Gasteiger partial charge >= 0.3 is 6.03 Å². The number of amides is 4. The van der Waals surface area contributed by atoms with Crippen molar-refractivity contribution in [1.29, 1.82) is 0 Å². The third-order valence-electron chi connectivity index (χ3n) is 3.88. The van der Waals surface area contributed by atoms with Gasteiger partial charge in [-0.2, -0.15) is 0 Å². The van der Waals surface area contributed by atoms with Crippen LogP contribution < -0.4 is 15.4 Å². The Labute approximate surface area is 147 Å². The number of likely N-dealkylation sites (N-methyl/N-ethyl adjacent to an activating group) is 1. The van der Waals surface area contributed by atoms with Crippen LogP contribution in [0.1, 0.15) is 12.0 Å². The van der Waals surface area contributed by atoms with E-state index >= 15 is 0 Å². The van der Waals surface area contributed by atoms with Crippen LogP contribution in [0.5, 0.6) is 5.75 Å². The van der Waals surface area contributed by atoms with Gasteiger partial charge in [-0.1, -0.05) is 12.1 Å². The lowest BCUT2D eigenvalue weighted by Crippen LogP contribution is -2.38. The predicted molar refractivity (Wildman–Crippen MR) is 92.0 cm³/mol. The minimum absolute atomic E-state index is 0.0584. The minimum Gasteiger partial charge on any atom is -0.497 e. The predicted octanol–water partition coefficient (Wildman–Crippen LogP) is 0.184. The highest BCUT2D eigenvalue weighted by molar-refractivity contribution is 6.05. The number of carbonyl (C=O) groups is 3. The van der Waals surface area contributed by atoms with Crippen molar-refractivity contribution < 1.29 is 19.1 Å². The summed E-state index contributed by atoms with van der Waals surface area (Å²) in [5.41, 5.74) is 0.806. The molecule has 2 rings (SSSR count). The molecule has 0 radical (unpaired) electrons. The third-order valence-corrected chi connectivity index (χ3v) is 3.88. The molecule has 8 nitrogen and oxygen atoms in total. The van der Waals surface area contributed by atoms with Crippen molar-refractivity contribution in [1.82, 2.24) is 20.4 Å². The first-order valence-corrected chi connectivity index (χ1v) is 8.07. The van der Waals surface area contributed by atoms with Crippen LogP contribution in [0.4, 0.5) is 4.79 Å². The van der Waals surface area contributed by atoms with Gasteiger partial charge in [0.1, 0.15) is 11.8 Å². The first-order valence-electron chi connectivity index (χ1n) is 8.07. The minimum atomic E-state index is -0.815. The topological polar surface area (TPSA) is 91.0 Å². The molecular formula is C17H24N4O4. The Morgan fingerprint density at radius 2 is 1.96 bits per heavy atom. The summed E-state index contributed by atoms with van der Waals surface area (Å²) in [7, 11) is 5.38. The molecule has 0 spiro atoms. The van der Waals surface area contributed by atoms with Gasteiger partial charge in [-0.25, -0.2) is 4.79 Å². The maximum absolute atomic E-state index is 12.4. The normalized spacial score (nSPS) is 17.0. The van der Waals surface area contributed by atoms with E-state index in [0.29, 0.717) is 18.8 Å². The summed E-state index contributed by atoms with van der Waals surface area (Å²) in [6.07, 6.45) is -0.0584. The van der Waals surface area contributed by atoms with Crippen molar-refractivity contribution >= 4 is 17.8 Å². The average Bonchev–Trinajstić information content (AvgIpc) is 2.82. The highest BCUT2D eigenvalue weighted by Crippen LogP contribution is 2.16. The fraction of sp³-hybridized carbons (Fsp3) is 0.471. The third kappa shape index (κ3) is 5.18. The van der Waals surface area contributed by atoms with Gasteiger partial charge in [0, 0.05) is 13.1 Å². The number of nitrogens with zero attached hydrogens (tertiary/aromatic N) is 2. The van der Waals surface area contributed by atoms with Crippen LogP contribution in [0, 0.1) is 0 Å². The van der Waals surface area contributed by atoms with Crippen molar-refractivity contribution in [2.75, 3.05) is 34.3 Å². The number of rotatable bonds is 8. The summed E-state index contributed by atoms with van der Waals surface area (Å²) >= 11 is 0. The highest BCUT2D eigenvalue weighted by Gasteiger charge is 2.38. The van der Waals surface area contributed by atoms with E-state index < -0.39 is 12.1 Å². The summed E-state index contributed by atoms with van der Waals surface area (Å²) in [4.78, 5) is 39.4. The number of urea groups is 1. The molecule has 1 aromatic carbocycles. The molecule has 0 saturated carbocycles. The Balaban J connectivity index is 1.89. The number of methoxy groups -OCH3 is 1. The van der Waals surface area contributed by atoms with E-state index in [1.807, 2.05) is 19.0 Å². The van der Waals surface area contributed by atoms with Gasteiger partial charge in [-0.15, -0.1) is 0 Å². The Morgan fingerprint density at radius 1 is 1.28 bits per heavy atom. The summed E-state index contributed by atoms with van der Waals surface area (Å²) in [5.74, 6) is 0.0589. The van der Waals surface area contributed by atoms with E-state index in [1.165, 1.54) is 0 Å². The van der Waals surface area contributed by atoms with Crippen LogP contribution in [0.15, 0.2) is 24.3 Å². The van der Waals surface area contributed by atoms with E-state index in [9.17, 15) is 14.4 Å². The Bertz CT molecular complexity index is 630. The lowest BCUT2D eigenvalue weighted by Gasteiger charge is -2.14. The standard InChI is InChI=1S/C17H24N4O4/c1-20(2)9-8-18-15(22)10-14-16(23)21(17(24)19-14)11-12-4-6-13(25-3)7-5-12/h4-7,14H,8-11H2,1-3H3,(H,18,22)(H,19,24)/t14-/m0/s1. The number of imide groups is 1. The maximum atomic E-state index is 12.4. The lowest BCUT2D eigenvalue weighted by molar-refractivity contribution is -0.131. The van der Waals surface area contributed by atoms with Crippen LogP contribution in [0.3, 0.4) is 0 Å². The van der Waals surface area contributed by atoms with E-state index in [4.69, 9.17) is 4.74 Å². The second kappa shape index (κ2) is 8.48. The molecule has 0 aliphatic carbocycles. The van der Waals surface area contributed by atoms with Crippen molar-refractivity contribution in [3.8, 4) is 5.75 Å². The van der Waals surface area contributed by atoms with Crippen molar-refractivity contribution in [3.63, 3.8) is 0 Å². The number of hydrogen-bond donors (Lipinski definition) is 2. The van der Waals surface area contributed by atoms with Gasteiger partial charge in [-0.3, -0.25) is 14.5 Å². The molecule has 1 atom stereocenters. The van der Waals surface area contributed by atoms with E-state index in [1.54, 1.807) is 31.4 Å². The molecule has 2 N–H and O–H groups in total. The molecular weight excluding hydrogens is 324 g/mol. The Kier molecular flexibility index (Phi) is 6.35. The zero-order valence-corrected chi connectivity index (χ0v) is 14.7. The summed E-state index contributed by atoms with van der Waals surface area (Å²) in [5, 5.41) is 5.31. The summed E-state index contributed by atoms with van der Waals surface area (Å²) in [6, 6.07) is 5.82. The van der Waals surface area contributed by atoms with E-state index in [0.717, 1.165) is 10.5 Å².